The van der Waals surface area contributed by atoms with Crippen molar-refractivity contribution in [3.8, 4) is 5.75 Å². The molecular weight excluding hydrogens is 314 g/mol. The smallest absolute Gasteiger partial charge is 0.267 e. The second kappa shape index (κ2) is 7.48. The van der Waals surface area contributed by atoms with Gasteiger partial charge in [-0.25, -0.2) is 0 Å². The molecule has 0 bridgehead atoms. The Hall–Kier alpha value is -2.01. The second-order valence-corrected chi connectivity index (χ2v) is 7.65. The fourth-order valence-electron chi connectivity index (χ4n) is 3.21. The highest BCUT2D eigenvalue weighted by Crippen LogP contribution is 2.25. The predicted molar refractivity (Wildman–Crippen MR) is 101 cm³/mol. The number of rotatable bonds is 6. The Morgan fingerprint density at radius 2 is 2.12 bits per heavy atom. The number of benzene rings is 1. The molecule has 136 valence electrons. The van der Waals surface area contributed by atoms with Gasteiger partial charge in [-0.1, -0.05) is 13.8 Å². The molecule has 0 aliphatic carbocycles. The Bertz CT molecular complexity index is 736. The normalized spacial score (nSPS) is 18.4. The van der Waals surface area contributed by atoms with Crippen molar-refractivity contribution < 1.29 is 9.53 Å². The number of amides is 1. The minimum absolute atomic E-state index is 0.0595. The third-order valence-electron chi connectivity index (χ3n) is 4.72. The Labute approximate surface area is 149 Å². The maximum Gasteiger partial charge on any atom is 0.267 e. The predicted octanol–water partition coefficient (Wildman–Crippen LogP) is 3.42. The van der Waals surface area contributed by atoms with Crippen LogP contribution >= 0.6 is 0 Å². The third-order valence-corrected chi connectivity index (χ3v) is 4.72. The van der Waals surface area contributed by atoms with Crippen molar-refractivity contribution in [3.05, 3.63) is 30.0 Å². The molecule has 2 N–H and O–H groups in total. The molecule has 5 heteroatoms. The molecule has 1 saturated heterocycles. The molecule has 1 aromatic carbocycles. The van der Waals surface area contributed by atoms with Gasteiger partial charge in [-0.3, -0.25) is 9.69 Å². The molecule has 5 nitrogen and oxygen atoms in total. The van der Waals surface area contributed by atoms with Gasteiger partial charge in [0.25, 0.3) is 5.91 Å². The van der Waals surface area contributed by atoms with Gasteiger partial charge in [0, 0.05) is 36.6 Å². The van der Waals surface area contributed by atoms with Crippen molar-refractivity contribution in [1.29, 1.82) is 0 Å². The fraction of sp³-hybridized carbons (Fsp3) is 0.550. The molecule has 2 aromatic rings. The summed E-state index contributed by atoms with van der Waals surface area (Å²) in [6.45, 7) is 11.4. The van der Waals surface area contributed by atoms with Crippen molar-refractivity contribution in [2.45, 2.75) is 46.3 Å². The SMILES string of the molecule is CC(C)CNC(=O)c1cc2cc(OC3CCN(C(C)C)C3)ccc2[nH]1. The van der Waals surface area contributed by atoms with Crippen molar-refractivity contribution in [1.82, 2.24) is 15.2 Å². The van der Waals surface area contributed by atoms with Crippen LogP contribution in [0.15, 0.2) is 24.3 Å². The minimum atomic E-state index is -0.0595. The number of aromatic nitrogens is 1. The first kappa shape index (κ1) is 17.8. The van der Waals surface area contributed by atoms with Crippen molar-refractivity contribution >= 4 is 16.8 Å². The number of hydrogen-bond acceptors (Lipinski definition) is 3. The second-order valence-electron chi connectivity index (χ2n) is 7.65. The van der Waals surface area contributed by atoms with Crippen molar-refractivity contribution in [3.63, 3.8) is 0 Å². The molecule has 1 fully saturated rings. The molecule has 1 atom stereocenters. The molecule has 1 aromatic heterocycles. The van der Waals surface area contributed by atoms with Crippen LogP contribution in [0.1, 0.15) is 44.6 Å². The zero-order chi connectivity index (χ0) is 18.0. The van der Waals surface area contributed by atoms with E-state index in [4.69, 9.17) is 4.74 Å². The van der Waals surface area contributed by atoms with Crippen LogP contribution in [-0.4, -0.2) is 47.6 Å². The maximum absolute atomic E-state index is 12.2. The Morgan fingerprint density at radius 1 is 1.32 bits per heavy atom. The van der Waals surface area contributed by atoms with Gasteiger partial charge in [0.05, 0.1) is 0 Å². The van der Waals surface area contributed by atoms with Crippen LogP contribution in [-0.2, 0) is 0 Å². The highest BCUT2D eigenvalue weighted by molar-refractivity contribution is 5.98. The summed E-state index contributed by atoms with van der Waals surface area (Å²) in [5, 5.41) is 3.95. The Morgan fingerprint density at radius 3 is 2.80 bits per heavy atom. The van der Waals surface area contributed by atoms with Crippen LogP contribution < -0.4 is 10.1 Å². The number of likely N-dealkylation sites (tertiary alicyclic amines) is 1. The van der Waals surface area contributed by atoms with Crippen LogP contribution in [0.2, 0.25) is 0 Å². The standard InChI is InChI=1S/C20H29N3O2/c1-13(2)11-21-20(24)19-10-15-9-16(5-6-18(15)22-19)25-17-7-8-23(12-17)14(3)4/h5-6,9-10,13-14,17,22H,7-8,11-12H2,1-4H3,(H,21,24). The molecule has 2 heterocycles. The number of nitrogens with zero attached hydrogens (tertiary/aromatic N) is 1. The van der Waals surface area contributed by atoms with Crippen LogP contribution in [0, 0.1) is 5.92 Å². The molecule has 1 amide bonds. The highest BCUT2D eigenvalue weighted by atomic mass is 16.5. The lowest BCUT2D eigenvalue weighted by atomic mass is 10.2. The summed E-state index contributed by atoms with van der Waals surface area (Å²) < 4.78 is 6.16. The van der Waals surface area contributed by atoms with Gasteiger partial charge >= 0.3 is 0 Å². The van der Waals surface area contributed by atoms with Crippen LogP contribution in [0.5, 0.6) is 5.75 Å². The number of nitrogens with one attached hydrogen (secondary N) is 2. The van der Waals surface area contributed by atoms with Gasteiger partial charge in [0.2, 0.25) is 0 Å². The zero-order valence-corrected chi connectivity index (χ0v) is 15.6. The molecule has 0 spiro atoms. The summed E-state index contributed by atoms with van der Waals surface area (Å²) in [6.07, 6.45) is 1.30. The van der Waals surface area contributed by atoms with E-state index in [9.17, 15) is 4.79 Å². The monoisotopic (exact) mass is 343 g/mol. The van der Waals surface area contributed by atoms with E-state index in [2.05, 4.69) is 42.9 Å². The quantitative estimate of drug-likeness (QED) is 0.845. The summed E-state index contributed by atoms with van der Waals surface area (Å²) in [7, 11) is 0. The van der Waals surface area contributed by atoms with E-state index in [1.807, 2.05) is 24.3 Å². The molecule has 0 radical (unpaired) electrons. The van der Waals surface area contributed by atoms with Gasteiger partial charge in [0.1, 0.15) is 17.5 Å². The van der Waals surface area contributed by atoms with Gasteiger partial charge in [-0.05, 0) is 50.5 Å². The summed E-state index contributed by atoms with van der Waals surface area (Å²) in [6, 6.07) is 8.44. The first-order chi connectivity index (χ1) is 11.9. The lowest BCUT2D eigenvalue weighted by Crippen LogP contribution is -2.30. The average Bonchev–Trinajstić information content (AvgIpc) is 3.19. The van der Waals surface area contributed by atoms with E-state index in [1.165, 1.54) is 0 Å². The van der Waals surface area contributed by atoms with Crippen LogP contribution in [0.4, 0.5) is 0 Å². The zero-order valence-electron chi connectivity index (χ0n) is 15.6. The number of ether oxygens (including phenoxy) is 1. The van der Waals surface area contributed by atoms with Crippen LogP contribution in [0.3, 0.4) is 0 Å². The summed E-state index contributed by atoms with van der Waals surface area (Å²) >= 11 is 0. The van der Waals surface area contributed by atoms with E-state index < -0.39 is 0 Å². The Balaban J connectivity index is 1.67. The summed E-state index contributed by atoms with van der Waals surface area (Å²) in [4.78, 5) is 17.8. The first-order valence-electron chi connectivity index (χ1n) is 9.24. The third kappa shape index (κ3) is 4.34. The van der Waals surface area contributed by atoms with Gasteiger partial charge in [-0.15, -0.1) is 0 Å². The van der Waals surface area contributed by atoms with E-state index >= 15 is 0 Å². The number of hydrogen-bond donors (Lipinski definition) is 2. The maximum atomic E-state index is 12.2. The highest BCUT2D eigenvalue weighted by Gasteiger charge is 2.25. The van der Waals surface area contributed by atoms with E-state index in [-0.39, 0.29) is 12.0 Å². The van der Waals surface area contributed by atoms with E-state index in [0.29, 0.717) is 24.2 Å². The van der Waals surface area contributed by atoms with Crippen molar-refractivity contribution in [2.75, 3.05) is 19.6 Å². The largest absolute Gasteiger partial charge is 0.489 e. The molecule has 25 heavy (non-hydrogen) atoms. The fourth-order valence-corrected chi connectivity index (χ4v) is 3.21. The topological polar surface area (TPSA) is 57.4 Å². The first-order valence-corrected chi connectivity index (χ1v) is 9.24. The number of aromatic amines is 1. The molecule has 1 aliphatic heterocycles. The van der Waals surface area contributed by atoms with E-state index in [0.717, 1.165) is 36.2 Å². The molecule has 3 rings (SSSR count). The lowest BCUT2D eigenvalue weighted by Gasteiger charge is -2.20. The lowest BCUT2D eigenvalue weighted by molar-refractivity contribution is 0.0945. The van der Waals surface area contributed by atoms with Gasteiger partial charge < -0.3 is 15.0 Å². The number of carbonyl (C=O) groups is 1. The number of fused-ring (bicyclic) bond motifs is 1. The van der Waals surface area contributed by atoms with Crippen molar-refractivity contribution in [2.24, 2.45) is 5.92 Å². The summed E-state index contributed by atoms with van der Waals surface area (Å²) in [5.74, 6) is 1.25. The minimum Gasteiger partial charge on any atom is -0.489 e. The number of H-pyrrole nitrogens is 1. The number of carbonyl (C=O) groups excluding carboxylic acids is 1. The van der Waals surface area contributed by atoms with Crippen LogP contribution in [0.25, 0.3) is 10.9 Å². The average molecular weight is 343 g/mol. The van der Waals surface area contributed by atoms with E-state index in [1.54, 1.807) is 0 Å². The molecule has 1 aliphatic rings. The molecular formula is C20H29N3O2. The Kier molecular flexibility index (Phi) is 5.33. The molecule has 1 unspecified atom stereocenters. The van der Waals surface area contributed by atoms with Gasteiger partial charge in [0.15, 0.2) is 0 Å². The summed E-state index contributed by atoms with van der Waals surface area (Å²) in [5.41, 5.74) is 1.55. The molecule has 0 saturated carbocycles. The van der Waals surface area contributed by atoms with Gasteiger partial charge in [-0.2, -0.15) is 0 Å².